The van der Waals surface area contributed by atoms with Crippen LogP contribution in [0.25, 0.3) is 12.2 Å². The quantitative estimate of drug-likeness (QED) is 0.417. The van der Waals surface area contributed by atoms with Gasteiger partial charge in [-0.15, -0.1) is 6.58 Å². The highest BCUT2D eigenvalue weighted by molar-refractivity contribution is 5.98. The van der Waals surface area contributed by atoms with Crippen LogP contribution in [0.1, 0.15) is 46.0 Å². The van der Waals surface area contributed by atoms with Crippen LogP contribution in [-0.2, 0) is 11.2 Å². The lowest BCUT2D eigenvalue weighted by Crippen LogP contribution is -2.07. The van der Waals surface area contributed by atoms with Crippen molar-refractivity contribution in [3.05, 3.63) is 70.3 Å². The first-order valence-corrected chi connectivity index (χ1v) is 8.77. The van der Waals surface area contributed by atoms with Crippen LogP contribution in [0.15, 0.2) is 42.5 Å². The van der Waals surface area contributed by atoms with Crippen LogP contribution >= 0.6 is 0 Å². The van der Waals surface area contributed by atoms with Crippen LogP contribution in [-0.4, -0.2) is 25.3 Å². The first-order chi connectivity index (χ1) is 12.9. The number of hydrogen-bond acceptors (Lipinski definition) is 4. The van der Waals surface area contributed by atoms with Gasteiger partial charge in [0.15, 0.2) is 0 Å². The van der Waals surface area contributed by atoms with Crippen LogP contribution < -0.4 is 4.74 Å². The molecule has 0 aliphatic rings. The summed E-state index contributed by atoms with van der Waals surface area (Å²) < 4.78 is 10.3. The number of aryl methyl sites for hydroxylation is 1. The molecular formula is C23H26O4. The Morgan fingerprint density at radius 3 is 2.41 bits per heavy atom. The zero-order valence-electron chi connectivity index (χ0n) is 16.3. The molecule has 4 nitrogen and oxygen atoms in total. The lowest BCUT2D eigenvalue weighted by atomic mass is 9.96. The van der Waals surface area contributed by atoms with Crippen LogP contribution in [0.4, 0.5) is 0 Å². The van der Waals surface area contributed by atoms with Crippen LogP contribution in [0.5, 0.6) is 11.5 Å². The predicted octanol–water partition coefficient (Wildman–Crippen LogP) is 5.17. The summed E-state index contributed by atoms with van der Waals surface area (Å²) in [5, 5.41) is 10.8. The summed E-state index contributed by atoms with van der Waals surface area (Å²) in [6.45, 7) is 7.83. The van der Waals surface area contributed by atoms with Crippen molar-refractivity contribution in [2.24, 2.45) is 0 Å². The van der Waals surface area contributed by atoms with Gasteiger partial charge in [-0.1, -0.05) is 47.6 Å². The van der Waals surface area contributed by atoms with E-state index in [9.17, 15) is 9.90 Å². The molecular weight excluding hydrogens is 340 g/mol. The zero-order valence-corrected chi connectivity index (χ0v) is 16.3. The molecule has 2 rings (SSSR count). The fourth-order valence-corrected chi connectivity index (χ4v) is 2.78. The summed E-state index contributed by atoms with van der Waals surface area (Å²) in [5.74, 6) is -0.161. The monoisotopic (exact) mass is 366 g/mol. The molecule has 0 bridgehead atoms. The van der Waals surface area contributed by atoms with Gasteiger partial charge in [-0.05, 0) is 43.9 Å². The van der Waals surface area contributed by atoms with Crippen LogP contribution in [0.3, 0.4) is 0 Å². The summed E-state index contributed by atoms with van der Waals surface area (Å²) in [4.78, 5) is 12.3. The summed E-state index contributed by atoms with van der Waals surface area (Å²) in [5.41, 5.74) is 4.40. The molecule has 0 aliphatic heterocycles. The number of allylic oxidation sites excluding steroid dienone is 1. The second-order valence-electron chi connectivity index (χ2n) is 6.56. The third-order valence-electron chi connectivity index (χ3n) is 4.34. The Morgan fingerprint density at radius 1 is 1.19 bits per heavy atom. The third-order valence-corrected chi connectivity index (χ3v) is 4.34. The van der Waals surface area contributed by atoms with Crippen molar-refractivity contribution in [1.29, 1.82) is 0 Å². The summed E-state index contributed by atoms with van der Waals surface area (Å²) in [7, 11) is 2.84. The summed E-state index contributed by atoms with van der Waals surface area (Å²) >= 11 is 0. The van der Waals surface area contributed by atoms with Gasteiger partial charge in [-0.3, -0.25) is 0 Å². The van der Waals surface area contributed by atoms with Gasteiger partial charge in [0, 0.05) is 5.56 Å². The maximum absolute atomic E-state index is 12.3. The molecule has 2 aromatic rings. The van der Waals surface area contributed by atoms with Crippen molar-refractivity contribution in [3.8, 4) is 11.5 Å². The Labute approximate surface area is 160 Å². The largest absolute Gasteiger partial charge is 0.507 e. The highest BCUT2D eigenvalue weighted by Gasteiger charge is 2.22. The molecule has 0 fully saturated rings. The van der Waals surface area contributed by atoms with Gasteiger partial charge < -0.3 is 14.6 Å². The number of methoxy groups -OCH3 is 2. The van der Waals surface area contributed by atoms with Gasteiger partial charge >= 0.3 is 5.97 Å². The van der Waals surface area contributed by atoms with Crippen molar-refractivity contribution in [3.63, 3.8) is 0 Å². The van der Waals surface area contributed by atoms with Gasteiger partial charge in [-0.25, -0.2) is 4.79 Å². The number of ether oxygens (including phenoxy) is 2. The average molecular weight is 366 g/mol. The molecule has 0 aliphatic carbocycles. The molecule has 0 amide bonds. The van der Waals surface area contributed by atoms with Crippen molar-refractivity contribution in [2.45, 2.75) is 26.7 Å². The van der Waals surface area contributed by atoms with Crippen LogP contribution in [0, 0.1) is 6.92 Å². The van der Waals surface area contributed by atoms with Gasteiger partial charge in [-0.2, -0.15) is 0 Å². The first-order valence-electron chi connectivity index (χ1n) is 8.77. The summed E-state index contributed by atoms with van der Waals surface area (Å²) in [6, 6.07) is 9.76. The van der Waals surface area contributed by atoms with Gasteiger partial charge in [0.2, 0.25) is 0 Å². The van der Waals surface area contributed by atoms with E-state index < -0.39 is 5.97 Å². The molecule has 0 atom stereocenters. The molecule has 2 aromatic carbocycles. The average Bonchev–Trinajstić information content (AvgIpc) is 2.65. The number of benzene rings is 2. The molecule has 1 N–H and O–H groups in total. The molecule has 0 saturated heterocycles. The van der Waals surface area contributed by atoms with E-state index in [1.165, 1.54) is 12.7 Å². The first kappa shape index (κ1) is 20.3. The van der Waals surface area contributed by atoms with E-state index >= 15 is 0 Å². The fraction of sp³-hybridized carbons (Fsp3) is 0.261. The minimum Gasteiger partial charge on any atom is -0.507 e. The molecule has 0 unspecified atom stereocenters. The van der Waals surface area contributed by atoms with Crippen LogP contribution in [0.2, 0.25) is 0 Å². The zero-order chi connectivity index (χ0) is 20.0. The number of carbonyl (C=O) groups is 1. The number of hydrogen-bond donors (Lipinski definition) is 1. The lowest BCUT2D eigenvalue weighted by Gasteiger charge is -2.16. The summed E-state index contributed by atoms with van der Waals surface area (Å²) in [6.07, 6.45) is 4.87. The van der Waals surface area contributed by atoms with Gasteiger partial charge in [0.25, 0.3) is 0 Å². The molecule has 0 heterocycles. The van der Waals surface area contributed by atoms with Gasteiger partial charge in [0.1, 0.15) is 17.1 Å². The normalized spacial score (nSPS) is 10.8. The Bertz CT molecular complexity index is 861. The third kappa shape index (κ3) is 5.00. The van der Waals surface area contributed by atoms with Crippen molar-refractivity contribution >= 4 is 18.1 Å². The Kier molecular flexibility index (Phi) is 6.83. The number of phenolic OH excluding ortho intramolecular Hbond substituents is 1. The Balaban J connectivity index is 2.54. The van der Waals surface area contributed by atoms with E-state index in [0.717, 1.165) is 11.1 Å². The molecule has 27 heavy (non-hydrogen) atoms. The van der Waals surface area contributed by atoms with E-state index in [1.807, 2.05) is 44.2 Å². The molecule has 0 spiro atoms. The maximum atomic E-state index is 12.3. The standard InChI is InChI=1S/C23H26O4/c1-15(2)6-13-19-20(26-4)14-18(21(22(19)24)23(25)27-5)12-11-17-9-7-16(3)8-10-17/h7-12,14,24H,1,6,13H2,2-5H3/b12-11+. The molecule has 0 aromatic heterocycles. The highest BCUT2D eigenvalue weighted by atomic mass is 16.5. The minimum absolute atomic E-state index is 0.106. The van der Waals surface area contributed by atoms with E-state index in [1.54, 1.807) is 19.3 Å². The molecule has 0 radical (unpaired) electrons. The lowest BCUT2D eigenvalue weighted by molar-refractivity contribution is 0.0597. The van der Waals surface area contributed by atoms with Gasteiger partial charge in [0.05, 0.1) is 14.2 Å². The Hall–Kier alpha value is -3.01. The van der Waals surface area contributed by atoms with E-state index in [4.69, 9.17) is 9.47 Å². The van der Waals surface area contributed by atoms with Crippen molar-refractivity contribution in [1.82, 2.24) is 0 Å². The minimum atomic E-state index is -0.588. The molecule has 142 valence electrons. The highest BCUT2D eigenvalue weighted by Crippen LogP contribution is 2.37. The number of phenols is 1. The smallest absolute Gasteiger partial charge is 0.342 e. The number of esters is 1. The molecule has 4 heteroatoms. The van der Waals surface area contributed by atoms with E-state index in [0.29, 0.717) is 29.7 Å². The fourth-order valence-electron chi connectivity index (χ4n) is 2.78. The van der Waals surface area contributed by atoms with E-state index in [2.05, 4.69) is 6.58 Å². The second-order valence-corrected chi connectivity index (χ2v) is 6.56. The number of aromatic hydroxyl groups is 1. The predicted molar refractivity (Wildman–Crippen MR) is 109 cm³/mol. The number of rotatable bonds is 7. The SMILES string of the molecule is C=C(C)CCc1c(OC)cc(/C=C/c2ccc(C)cc2)c(C(=O)OC)c1O. The van der Waals surface area contributed by atoms with Crippen molar-refractivity contribution in [2.75, 3.05) is 14.2 Å². The van der Waals surface area contributed by atoms with E-state index in [-0.39, 0.29) is 11.3 Å². The topological polar surface area (TPSA) is 55.8 Å². The molecule has 0 saturated carbocycles. The van der Waals surface area contributed by atoms with Crippen molar-refractivity contribution < 1.29 is 19.4 Å². The maximum Gasteiger partial charge on any atom is 0.342 e. The Morgan fingerprint density at radius 2 is 1.85 bits per heavy atom. The second kappa shape index (κ2) is 9.08. The number of carbonyl (C=O) groups excluding carboxylic acids is 1.